The van der Waals surface area contributed by atoms with Crippen molar-refractivity contribution in [1.82, 2.24) is 5.32 Å². The van der Waals surface area contributed by atoms with Gasteiger partial charge in [0.05, 0.1) is 6.10 Å². The molecule has 0 aliphatic heterocycles. The molecule has 0 saturated heterocycles. The summed E-state index contributed by atoms with van der Waals surface area (Å²) in [6.07, 6.45) is 7.16. The second-order valence-electron chi connectivity index (χ2n) is 3.78. The van der Waals surface area contributed by atoms with Gasteiger partial charge in [0.15, 0.2) is 0 Å². The van der Waals surface area contributed by atoms with Gasteiger partial charge in [-0.15, -0.1) is 0 Å². The van der Waals surface area contributed by atoms with Crippen LogP contribution in [0.5, 0.6) is 0 Å². The largest absolute Gasteiger partial charge is 0.381 e. The molecule has 0 aromatic rings. The SMILES string of the molecule is CNCCC1CCCC(OC)C1. The van der Waals surface area contributed by atoms with Crippen molar-refractivity contribution < 1.29 is 4.74 Å². The van der Waals surface area contributed by atoms with E-state index in [0.717, 1.165) is 12.5 Å². The summed E-state index contributed by atoms with van der Waals surface area (Å²) < 4.78 is 5.38. The van der Waals surface area contributed by atoms with E-state index in [1.165, 1.54) is 32.1 Å². The fraction of sp³-hybridized carbons (Fsp3) is 1.00. The van der Waals surface area contributed by atoms with Gasteiger partial charge < -0.3 is 10.1 Å². The Morgan fingerprint density at radius 3 is 2.92 bits per heavy atom. The van der Waals surface area contributed by atoms with Crippen LogP contribution in [0.25, 0.3) is 0 Å². The quantitative estimate of drug-likeness (QED) is 0.696. The monoisotopic (exact) mass is 171 g/mol. The van der Waals surface area contributed by atoms with Gasteiger partial charge in [-0.3, -0.25) is 0 Å². The molecule has 0 heterocycles. The van der Waals surface area contributed by atoms with Crippen LogP contribution in [0.15, 0.2) is 0 Å². The van der Waals surface area contributed by atoms with Crippen molar-refractivity contribution in [2.45, 2.75) is 38.2 Å². The number of hydrogen-bond acceptors (Lipinski definition) is 2. The van der Waals surface area contributed by atoms with E-state index in [0.29, 0.717) is 6.10 Å². The molecular weight excluding hydrogens is 150 g/mol. The van der Waals surface area contributed by atoms with Gasteiger partial charge in [0.1, 0.15) is 0 Å². The standard InChI is InChI=1S/C10H21NO/c1-11-7-6-9-4-3-5-10(8-9)12-2/h9-11H,3-8H2,1-2H3. The van der Waals surface area contributed by atoms with Crippen molar-refractivity contribution in [2.24, 2.45) is 5.92 Å². The van der Waals surface area contributed by atoms with Crippen LogP contribution >= 0.6 is 0 Å². The zero-order valence-electron chi connectivity index (χ0n) is 8.31. The van der Waals surface area contributed by atoms with Crippen molar-refractivity contribution >= 4 is 0 Å². The minimum Gasteiger partial charge on any atom is -0.381 e. The number of rotatable bonds is 4. The Bertz CT molecular complexity index is 116. The van der Waals surface area contributed by atoms with Crippen molar-refractivity contribution in [2.75, 3.05) is 20.7 Å². The third-order valence-corrected chi connectivity index (χ3v) is 2.87. The van der Waals surface area contributed by atoms with E-state index in [1.54, 1.807) is 0 Å². The van der Waals surface area contributed by atoms with Crippen molar-refractivity contribution in [3.63, 3.8) is 0 Å². The maximum Gasteiger partial charge on any atom is 0.0574 e. The van der Waals surface area contributed by atoms with E-state index in [2.05, 4.69) is 5.32 Å². The van der Waals surface area contributed by atoms with Gasteiger partial charge in [-0.25, -0.2) is 0 Å². The fourth-order valence-electron chi connectivity index (χ4n) is 2.07. The second-order valence-corrected chi connectivity index (χ2v) is 3.78. The molecule has 2 nitrogen and oxygen atoms in total. The number of hydrogen-bond donors (Lipinski definition) is 1. The highest BCUT2D eigenvalue weighted by atomic mass is 16.5. The van der Waals surface area contributed by atoms with Crippen molar-refractivity contribution in [1.29, 1.82) is 0 Å². The molecule has 1 fully saturated rings. The predicted octanol–water partition coefficient (Wildman–Crippen LogP) is 1.80. The van der Waals surface area contributed by atoms with Crippen LogP contribution in [-0.4, -0.2) is 26.8 Å². The summed E-state index contributed by atoms with van der Waals surface area (Å²) in [7, 11) is 3.86. The van der Waals surface area contributed by atoms with Crippen molar-refractivity contribution in [3.05, 3.63) is 0 Å². The van der Waals surface area contributed by atoms with Crippen LogP contribution < -0.4 is 5.32 Å². The first-order valence-electron chi connectivity index (χ1n) is 5.04. The fourth-order valence-corrected chi connectivity index (χ4v) is 2.07. The van der Waals surface area contributed by atoms with Crippen LogP contribution in [-0.2, 0) is 4.74 Å². The zero-order valence-corrected chi connectivity index (χ0v) is 8.31. The summed E-state index contributed by atoms with van der Waals surface area (Å²) in [6, 6.07) is 0. The predicted molar refractivity (Wildman–Crippen MR) is 51.3 cm³/mol. The van der Waals surface area contributed by atoms with E-state index < -0.39 is 0 Å². The molecule has 0 bridgehead atoms. The lowest BCUT2D eigenvalue weighted by molar-refractivity contribution is 0.0492. The van der Waals surface area contributed by atoms with E-state index >= 15 is 0 Å². The third-order valence-electron chi connectivity index (χ3n) is 2.87. The summed E-state index contributed by atoms with van der Waals surface area (Å²) >= 11 is 0. The molecule has 1 saturated carbocycles. The van der Waals surface area contributed by atoms with Crippen LogP contribution in [0.1, 0.15) is 32.1 Å². The number of methoxy groups -OCH3 is 1. The Balaban J connectivity index is 2.16. The Labute approximate surface area is 75.7 Å². The normalized spacial score (nSPS) is 30.5. The first-order chi connectivity index (χ1) is 5.86. The maximum absolute atomic E-state index is 5.38. The van der Waals surface area contributed by atoms with Crippen LogP contribution in [0, 0.1) is 5.92 Å². The summed E-state index contributed by atoms with van der Waals surface area (Å²) in [4.78, 5) is 0. The van der Waals surface area contributed by atoms with E-state index in [4.69, 9.17) is 4.74 Å². The highest BCUT2D eigenvalue weighted by Crippen LogP contribution is 2.27. The van der Waals surface area contributed by atoms with Gasteiger partial charge in [0.2, 0.25) is 0 Å². The summed E-state index contributed by atoms with van der Waals surface area (Å²) in [5.41, 5.74) is 0. The van der Waals surface area contributed by atoms with Gasteiger partial charge in [-0.05, 0) is 38.8 Å². The maximum atomic E-state index is 5.38. The zero-order chi connectivity index (χ0) is 8.81. The van der Waals surface area contributed by atoms with E-state index in [9.17, 15) is 0 Å². The van der Waals surface area contributed by atoms with Crippen LogP contribution in [0.2, 0.25) is 0 Å². The third kappa shape index (κ3) is 3.11. The average Bonchev–Trinajstić information content (AvgIpc) is 2.15. The van der Waals surface area contributed by atoms with Gasteiger partial charge in [0, 0.05) is 7.11 Å². The molecule has 0 aromatic carbocycles. The first-order valence-corrected chi connectivity index (χ1v) is 5.04. The topological polar surface area (TPSA) is 21.3 Å². The molecule has 1 aliphatic rings. The molecule has 0 radical (unpaired) electrons. The molecule has 2 unspecified atom stereocenters. The van der Waals surface area contributed by atoms with Gasteiger partial charge in [0.25, 0.3) is 0 Å². The number of ether oxygens (including phenoxy) is 1. The van der Waals surface area contributed by atoms with E-state index in [-0.39, 0.29) is 0 Å². The lowest BCUT2D eigenvalue weighted by atomic mass is 9.85. The van der Waals surface area contributed by atoms with Gasteiger partial charge in [-0.1, -0.05) is 12.8 Å². The Morgan fingerprint density at radius 2 is 2.25 bits per heavy atom. The lowest BCUT2D eigenvalue weighted by Crippen LogP contribution is -2.24. The molecule has 0 aromatic heterocycles. The summed E-state index contributed by atoms with van der Waals surface area (Å²) in [5.74, 6) is 0.899. The van der Waals surface area contributed by atoms with Crippen LogP contribution in [0.4, 0.5) is 0 Å². The lowest BCUT2D eigenvalue weighted by Gasteiger charge is -2.27. The minimum absolute atomic E-state index is 0.542. The first kappa shape index (κ1) is 10.0. The Hall–Kier alpha value is -0.0800. The minimum atomic E-state index is 0.542. The van der Waals surface area contributed by atoms with Gasteiger partial charge in [-0.2, -0.15) is 0 Å². The smallest absolute Gasteiger partial charge is 0.0574 e. The average molecular weight is 171 g/mol. The summed E-state index contributed by atoms with van der Waals surface area (Å²) in [5, 5.41) is 3.21. The molecular formula is C10H21NO. The molecule has 2 atom stereocenters. The highest BCUT2D eigenvalue weighted by molar-refractivity contribution is 4.73. The second kappa shape index (κ2) is 5.55. The van der Waals surface area contributed by atoms with Gasteiger partial charge >= 0.3 is 0 Å². The Morgan fingerprint density at radius 1 is 1.42 bits per heavy atom. The van der Waals surface area contributed by atoms with Crippen molar-refractivity contribution in [3.8, 4) is 0 Å². The molecule has 72 valence electrons. The highest BCUT2D eigenvalue weighted by Gasteiger charge is 2.20. The number of nitrogens with one attached hydrogen (secondary N) is 1. The molecule has 1 aliphatic carbocycles. The van der Waals surface area contributed by atoms with Crippen LogP contribution in [0.3, 0.4) is 0 Å². The molecule has 1 N–H and O–H groups in total. The molecule has 0 spiro atoms. The molecule has 12 heavy (non-hydrogen) atoms. The molecule has 1 rings (SSSR count). The molecule has 0 amide bonds. The Kier molecular flexibility index (Phi) is 4.62. The van der Waals surface area contributed by atoms with E-state index in [1.807, 2.05) is 14.2 Å². The summed E-state index contributed by atoms with van der Waals surface area (Å²) in [6.45, 7) is 1.15. The molecule has 2 heteroatoms.